The molecular formula is C16H25NO3. The summed E-state index contributed by atoms with van der Waals surface area (Å²) < 4.78 is 10.9. The first-order valence-corrected chi connectivity index (χ1v) is 7.27. The summed E-state index contributed by atoms with van der Waals surface area (Å²) in [6.07, 6.45) is -0.00522. The number of hydrogen-bond donors (Lipinski definition) is 1. The third-order valence-electron chi connectivity index (χ3n) is 3.86. The minimum Gasteiger partial charge on any atom is -0.497 e. The molecule has 4 heteroatoms. The Bertz CT molecular complexity index is 422. The van der Waals surface area contributed by atoms with Crippen LogP contribution in [0.15, 0.2) is 24.3 Å². The van der Waals surface area contributed by atoms with Crippen LogP contribution in [0.3, 0.4) is 0 Å². The number of rotatable bonds is 5. The predicted octanol–water partition coefficient (Wildman–Crippen LogP) is 1.71. The van der Waals surface area contributed by atoms with E-state index in [1.54, 1.807) is 7.11 Å². The fraction of sp³-hybridized carbons (Fsp3) is 0.625. The number of morpholine rings is 1. The van der Waals surface area contributed by atoms with Crippen LogP contribution >= 0.6 is 0 Å². The monoisotopic (exact) mass is 279 g/mol. The quantitative estimate of drug-likeness (QED) is 0.891. The number of benzene rings is 1. The molecule has 0 bridgehead atoms. The minimum atomic E-state index is -0.483. The largest absolute Gasteiger partial charge is 0.497 e. The SMILES string of the molecule is COc1cccc(CC(O)C2CN(C(C)C)CCO2)c1. The Balaban J connectivity index is 1.95. The van der Waals surface area contributed by atoms with Crippen LogP contribution in [0.5, 0.6) is 5.75 Å². The van der Waals surface area contributed by atoms with Gasteiger partial charge in [0.25, 0.3) is 0 Å². The minimum absolute atomic E-state index is 0.114. The third-order valence-corrected chi connectivity index (χ3v) is 3.86. The molecule has 0 amide bonds. The molecule has 1 aromatic rings. The van der Waals surface area contributed by atoms with Crippen LogP contribution in [0.2, 0.25) is 0 Å². The molecule has 1 aliphatic rings. The van der Waals surface area contributed by atoms with Crippen molar-refractivity contribution in [3.63, 3.8) is 0 Å². The molecular weight excluding hydrogens is 254 g/mol. The van der Waals surface area contributed by atoms with Crippen molar-refractivity contribution in [1.82, 2.24) is 4.90 Å². The molecule has 0 saturated carbocycles. The van der Waals surface area contributed by atoms with Crippen molar-refractivity contribution in [1.29, 1.82) is 0 Å². The summed E-state index contributed by atoms with van der Waals surface area (Å²) in [5.74, 6) is 0.822. The zero-order valence-electron chi connectivity index (χ0n) is 12.6. The lowest BCUT2D eigenvalue weighted by Gasteiger charge is -2.37. The fourth-order valence-electron chi connectivity index (χ4n) is 2.57. The van der Waals surface area contributed by atoms with Gasteiger partial charge in [0.15, 0.2) is 0 Å². The Morgan fingerprint density at radius 1 is 1.45 bits per heavy atom. The van der Waals surface area contributed by atoms with Gasteiger partial charge in [-0.15, -0.1) is 0 Å². The van der Waals surface area contributed by atoms with Crippen molar-refractivity contribution >= 4 is 0 Å². The summed E-state index contributed by atoms with van der Waals surface area (Å²) >= 11 is 0. The second-order valence-corrected chi connectivity index (χ2v) is 5.62. The van der Waals surface area contributed by atoms with Crippen LogP contribution in [0.1, 0.15) is 19.4 Å². The molecule has 20 heavy (non-hydrogen) atoms. The van der Waals surface area contributed by atoms with Gasteiger partial charge < -0.3 is 14.6 Å². The van der Waals surface area contributed by atoms with E-state index >= 15 is 0 Å². The molecule has 1 aliphatic heterocycles. The zero-order valence-corrected chi connectivity index (χ0v) is 12.6. The van der Waals surface area contributed by atoms with Crippen molar-refractivity contribution in [3.8, 4) is 5.75 Å². The molecule has 0 radical (unpaired) electrons. The molecule has 2 atom stereocenters. The van der Waals surface area contributed by atoms with Gasteiger partial charge in [0.05, 0.1) is 25.9 Å². The Hall–Kier alpha value is -1.10. The van der Waals surface area contributed by atoms with E-state index in [0.717, 1.165) is 24.4 Å². The van der Waals surface area contributed by atoms with Crippen molar-refractivity contribution in [3.05, 3.63) is 29.8 Å². The average Bonchev–Trinajstić information content (AvgIpc) is 2.47. The average molecular weight is 279 g/mol. The van der Waals surface area contributed by atoms with Gasteiger partial charge in [-0.25, -0.2) is 0 Å². The highest BCUT2D eigenvalue weighted by Gasteiger charge is 2.28. The van der Waals surface area contributed by atoms with E-state index in [9.17, 15) is 5.11 Å². The van der Waals surface area contributed by atoms with E-state index in [4.69, 9.17) is 9.47 Å². The van der Waals surface area contributed by atoms with Gasteiger partial charge in [-0.1, -0.05) is 12.1 Å². The van der Waals surface area contributed by atoms with Crippen molar-refractivity contribution < 1.29 is 14.6 Å². The smallest absolute Gasteiger partial charge is 0.119 e. The summed E-state index contributed by atoms with van der Waals surface area (Å²) in [7, 11) is 1.65. The van der Waals surface area contributed by atoms with E-state index < -0.39 is 6.10 Å². The molecule has 112 valence electrons. The highest BCUT2D eigenvalue weighted by atomic mass is 16.5. The van der Waals surface area contributed by atoms with Gasteiger partial charge in [-0.05, 0) is 31.5 Å². The second kappa shape index (κ2) is 7.07. The van der Waals surface area contributed by atoms with Crippen LogP contribution in [0, 0.1) is 0 Å². The maximum atomic E-state index is 10.4. The highest BCUT2D eigenvalue weighted by molar-refractivity contribution is 5.28. The first-order chi connectivity index (χ1) is 9.60. The lowest BCUT2D eigenvalue weighted by Crippen LogP contribution is -2.50. The van der Waals surface area contributed by atoms with Gasteiger partial charge in [0.2, 0.25) is 0 Å². The second-order valence-electron chi connectivity index (χ2n) is 5.62. The Morgan fingerprint density at radius 3 is 2.95 bits per heavy atom. The number of aliphatic hydroxyl groups excluding tert-OH is 1. The predicted molar refractivity (Wildman–Crippen MR) is 79.2 cm³/mol. The fourth-order valence-corrected chi connectivity index (χ4v) is 2.57. The van der Waals surface area contributed by atoms with Gasteiger partial charge in [0.1, 0.15) is 5.75 Å². The first kappa shape index (κ1) is 15.3. The molecule has 4 nitrogen and oxygen atoms in total. The van der Waals surface area contributed by atoms with Crippen LogP contribution < -0.4 is 4.74 Å². The molecule has 0 spiro atoms. The number of ether oxygens (including phenoxy) is 2. The molecule has 2 rings (SSSR count). The zero-order chi connectivity index (χ0) is 14.5. The van der Waals surface area contributed by atoms with Crippen molar-refractivity contribution in [2.24, 2.45) is 0 Å². The van der Waals surface area contributed by atoms with Gasteiger partial charge in [-0.3, -0.25) is 4.90 Å². The Morgan fingerprint density at radius 2 is 2.25 bits per heavy atom. The lowest BCUT2D eigenvalue weighted by atomic mass is 10.0. The molecule has 1 fully saturated rings. The van der Waals surface area contributed by atoms with E-state index in [1.807, 2.05) is 24.3 Å². The summed E-state index contributed by atoms with van der Waals surface area (Å²) in [5, 5.41) is 10.4. The van der Waals surface area contributed by atoms with E-state index in [2.05, 4.69) is 18.7 Å². The van der Waals surface area contributed by atoms with Gasteiger partial charge in [0, 0.05) is 25.6 Å². The standard InChI is InChI=1S/C16H25NO3/c1-12(2)17-7-8-20-16(11-17)15(18)10-13-5-4-6-14(9-13)19-3/h4-6,9,12,15-16,18H,7-8,10-11H2,1-3H3. The molecule has 1 N–H and O–H groups in total. The summed E-state index contributed by atoms with van der Waals surface area (Å²) in [6.45, 7) is 6.79. The highest BCUT2D eigenvalue weighted by Crippen LogP contribution is 2.18. The first-order valence-electron chi connectivity index (χ1n) is 7.27. The third kappa shape index (κ3) is 3.95. The molecule has 0 aliphatic carbocycles. The summed E-state index contributed by atoms with van der Waals surface area (Å²) in [4.78, 5) is 2.35. The van der Waals surface area contributed by atoms with E-state index in [1.165, 1.54) is 0 Å². The molecule has 1 heterocycles. The number of methoxy groups -OCH3 is 1. The Labute approximate surface area is 121 Å². The maximum absolute atomic E-state index is 10.4. The molecule has 1 aromatic carbocycles. The van der Waals surface area contributed by atoms with Gasteiger partial charge in [-0.2, -0.15) is 0 Å². The van der Waals surface area contributed by atoms with E-state index in [0.29, 0.717) is 19.1 Å². The number of hydrogen-bond acceptors (Lipinski definition) is 4. The molecule has 2 unspecified atom stereocenters. The maximum Gasteiger partial charge on any atom is 0.119 e. The number of aliphatic hydroxyl groups is 1. The molecule has 0 aromatic heterocycles. The van der Waals surface area contributed by atoms with Crippen LogP contribution in [0.25, 0.3) is 0 Å². The van der Waals surface area contributed by atoms with Crippen molar-refractivity contribution in [2.45, 2.75) is 38.5 Å². The van der Waals surface area contributed by atoms with Crippen molar-refractivity contribution in [2.75, 3.05) is 26.8 Å². The van der Waals surface area contributed by atoms with E-state index in [-0.39, 0.29) is 6.10 Å². The summed E-state index contributed by atoms with van der Waals surface area (Å²) in [6, 6.07) is 8.32. The molecule has 1 saturated heterocycles. The normalized spacial score (nSPS) is 21.9. The summed E-state index contributed by atoms with van der Waals surface area (Å²) in [5.41, 5.74) is 1.07. The Kier molecular flexibility index (Phi) is 5.40. The number of nitrogens with zero attached hydrogens (tertiary/aromatic N) is 1. The van der Waals surface area contributed by atoms with Crippen LogP contribution in [-0.4, -0.2) is 55.1 Å². The van der Waals surface area contributed by atoms with Crippen LogP contribution in [0.4, 0.5) is 0 Å². The lowest BCUT2D eigenvalue weighted by molar-refractivity contribution is -0.0940. The van der Waals surface area contributed by atoms with Crippen LogP contribution in [-0.2, 0) is 11.2 Å². The van der Waals surface area contributed by atoms with Gasteiger partial charge >= 0.3 is 0 Å². The topological polar surface area (TPSA) is 41.9 Å².